The highest BCUT2D eigenvalue weighted by Crippen LogP contribution is 2.21. The molecule has 0 bridgehead atoms. The van der Waals surface area contributed by atoms with Crippen LogP contribution in [0.4, 0.5) is 5.69 Å². The molecule has 0 spiro atoms. The predicted octanol–water partition coefficient (Wildman–Crippen LogP) is 1.02. The van der Waals surface area contributed by atoms with Crippen LogP contribution in [0.15, 0.2) is 23.1 Å². The summed E-state index contributed by atoms with van der Waals surface area (Å²) in [5.74, 6) is 0. The van der Waals surface area contributed by atoms with Crippen LogP contribution in [-0.4, -0.2) is 13.3 Å². The fourth-order valence-electron chi connectivity index (χ4n) is 0.972. The van der Waals surface area contributed by atoms with Crippen LogP contribution in [-0.2, 0) is 14.7 Å². The van der Waals surface area contributed by atoms with Crippen LogP contribution in [0.1, 0.15) is 5.56 Å². The summed E-state index contributed by atoms with van der Waals surface area (Å²) >= 11 is 0. The van der Waals surface area contributed by atoms with E-state index < -0.39 is 25.6 Å². The van der Waals surface area contributed by atoms with Gasteiger partial charge in [-0.3, -0.25) is 10.1 Å². The van der Waals surface area contributed by atoms with Gasteiger partial charge in [0.05, 0.1) is 4.92 Å². The molecule has 0 saturated heterocycles. The highest BCUT2D eigenvalue weighted by atomic mass is 32.2. The summed E-state index contributed by atoms with van der Waals surface area (Å²) in [5.41, 5.74) is -0.212. The summed E-state index contributed by atoms with van der Waals surface area (Å²) in [7, 11) is -4.64. The molecular weight excluding hydrogens is 210 g/mol. The van der Waals surface area contributed by atoms with Crippen LogP contribution in [0.25, 0.3) is 0 Å². The van der Waals surface area contributed by atoms with E-state index in [0.29, 0.717) is 0 Å². The average molecular weight is 216 g/mol. The van der Waals surface area contributed by atoms with E-state index in [2.05, 4.69) is 0 Å². The molecule has 0 N–H and O–H groups in total. The maximum Gasteiger partial charge on any atom is 0.324 e. The van der Waals surface area contributed by atoms with Gasteiger partial charge in [-0.15, -0.1) is 0 Å². The van der Waals surface area contributed by atoms with Crippen molar-refractivity contribution >= 4 is 15.8 Å². The monoisotopic (exact) mass is 216 g/mol. The number of non-ortho nitro benzene ring substituents is 1. The number of nitro benzene ring substituents is 1. The van der Waals surface area contributed by atoms with Crippen molar-refractivity contribution in [2.24, 2.45) is 0 Å². The number of aryl methyl sites for hydroxylation is 1. The molecule has 75 valence electrons. The van der Waals surface area contributed by atoms with Crippen LogP contribution in [0.2, 0.25) is 0 Å². The molecule has 0 aliphatic heterocycles. The van der Waals surface area contributed by atoms with E-state index in [0.717, 1.165) is 12.1 Å². The normalized spacial score (nSPS) is 11.3. The van der Waals surface area contributed by atoms with Gasteiger partial charge in [-0.05, 0) is 12.5 Å². The zero-order chi connectivity index (χ0) is 10.9. The first-order valence-corrected chi connectivity index (χ1v) is 4.94. The van der Waals surface area contributed by atoms with Gasteiger partial charge in [-0.25, -0.2) is 0 Å². The van der Waals surface area contributed by atoms with Crippen LogP contribution < -0.4 is 0 Å². The van der Waals surface area contributed by atoms with Gasteiger partial charge in [0.15, 0.2) is 0 Å². The topological polar surface area (TPSA) is 97.2 Å². The lowest BCUT2D eigenvalue weighted by Crippen LogP contribution is -2.00. The third-order valence-corrected chi connectivity index (χ3v) is 2.63. The lowest BCUT2D eigenvalue weighted by molar-refractivity contribution is -0.385. The van der Waals surface area contributed by atoms with Gasteiger partial charge >= 0.3 is 10.1 Å². The molecule has 0 fully saturated rings. The first kappa shape index (κ1) is 10.6. The van der Waals surface area contributed by atoms with Gasteiger partial charge in [0, 0.05) is 12.1 Å². The lowest BCUT2D eigenvalue weighted by Gasteiger charge is -1.99. The summed E-state index contributed by atoms with van der Waals surface area (Å²) < 4.78 is 32.0. The Kier molecular flexibility index (Phi) is 2.54. The largest absolute Gasteiger partial charge is 0.324 e. The van der Waals surface area contributed by atoms with Crippen molar-refractivity contribution in [1.29, 1.82) is 0 Å². The highest BCUT2D eigenvalue weighted by molar-refractivity contribution is 7.85. The molecule has 0 aliphatic carbocycles. The van der Waals surface area contributed by atoms with Crippen molar-refractivity contribution in [3.8, 4) is 0 Å². The molecule has 0 aliphatic rings. The Balaban J connectivity index is 3.44. The fourth-order valence-corrected chi connectivity index (χ4v) is 1.70. The molecule has 1 aromatic carbocycles. The van der Waals surface area contributed by atoms with E-state index in [4.69, 9.17) is 0 Å². The van der Waals surface area contributed by atoms with Gasteiger partial charge in [0.2, 0.25) is 0 Å². The molecule has 0 saturated carbocycles. The number of benzene rings is 1. The van der Waals surface area contributed by atoms with Crippen molar-refractivity contribution in [1.82, 2.24) is 0 Å². The summed E-state index contributed by atoms with van der Waals surface area (Å²) in [6.45, 7) is 1.40. The second-order valence-corrected chi connectivity index (χ2v) is 4.01. The molecule has 14 heavy (non-hydrogen) atoms. The van der Waals surface area contributed by atoms with E-state index in [1.165, 1.54) is 13.0 Å². The standard InChI is InChI=1S/C7H6NO5S/c1-5-2-3-6(8(9)10)4-7(5)14(11,12)13/h2-4H,1H3. The lowest BCUT2D eigenvalue weighted by atomic mass is 10.2. The van der Waals surface area contributed by atoms with Gasteiger partial charge in [-0.1, -0.05) is 10.6 Å². The molecule has 0 amide bonds. The molecule has 0 aromatic heterocycles. The molecule has 7 heteroatoms. The average Bonchev–Trinajstić information content (AvgIpc) is 2.02. The van der Waals surface area contributed by atoms with E-state index in [1.807, 2.05) is 0 Å². The Morgan fingerprint density at radius 3 is 2.36 bits per heavy atom. The second-order valence-electron chi connectivity index (χ2n) is 2.66. The van der Waals surface area contributed by atoms with E-state index in [-0.39, 0.29) is 5.56 Å². The SMILES string of the molecule is Cc1ccc([N+](=O)[O-])cc1S([O])(=O)=O. The van der Waals surface area contributed by atoms with Crippen molar-refractivity contribution in [2.45, 2.75) is 11.8 Å². The Hall–Kier alpha value is -1.47. The number of hydrogen-bond acceptors (Lipinski definition) is 4. The summed E-state index contributed by atoms with van der Waals surface area (Å²) in [6, 6.07) is 3.13. The first-order chi connectivity index (χ1) is 6.32. The molecule has 0 heterocycles. The Morgan fingerprint density at radius 2 is 1.93 bits per heavy atom. The molecule has 1 rings (SSSR count). The third-order valence-electron chi connectivity index (χ3n) is 1.65. The highest BCUT2D eigenvalue weighted by Gasteiger charge is 2.18. The third kappa shape index (κ3) is 2.06. The smallest absolute Gasteiger partial charge is 0.258 e. The van der Waals surface area contributed by atoms with Crippen LogP contribution >= 0.6 is 0 Å². The van der Waals surface area contributed by atoms with Crippen molar-refractivity contribution in [3.63, 3.8) is 0 Å². The quantitative estimate of drug-likeness (QED) is 0.544. The van der Waals surface area contributed by atoms with Gasteiger partial charge in [0.25, 0.3) is 5.69 Å². The van der Waals surface area contributed by atoms with Crippen molar-refractivity contribution in [3.05, 3.63) is 33.9 Å². The van der Waals surface area contributed by atoms with Gasteiger partial charge < -0.3 is 0 Å². The Labute approximate surface area is 80.1 Å². The van der Waals surface area contributed by atoms with Crippen LogP contribution in [0.5, 0.6) is 0 Å². The van der Waals surface area contributed by atoms with Gasteiger partial charge in [-0.2, -0.15) is 8.42 Å². The summed E-state index contributed by atoms with van der Waals surface area (Å²) in [6.07, 6.45) is 0. The van der Waals surface area contributed by atoms with Crippen LogP contribution in [0.3, 0.4) is 0 Å². The molecule has 1 aromatic rings. The maximum atomic E-state index is 10.7. The number of rotatable bonds is 2. The van der Waals surface area contributed by atoms with E-state index in [9.17, 15) is 23.1 Å². The molecular formula is C7H6NO5S. The second kappa shape index (κ2) is 3.35. The predicted molar refractivity (Wildman–Crippen MR) is 45.7 cm³/mol. The summed E-state index contributed by atoms with van der Waals surface area (Å²) in [5, 5.41) is 10.3. The Morgan fingerprint density at radius 1 is 1.36 bits per heavy atom. The Bertz CT molecular complexity index is 479. The van der Waals surface area contributed by atoms with Crippen molar-refractivity contribution < 1.29 is 17.9 Å². The summed E-state index contributed by atoms with van der Waals surface area (Å²) in [4.78, 5) is 8.99. The van der Waals surface area contributed by atoms with E-state index in [1.54, 1.807) is 0 Å². The molecule has 0 atom stereocenters. The zero-order valence-corrected chi connectivity index (χ0v) is 7.95. The van der Waals surface area contributed by atoms with E-state index >= 15 is 0 Å². The molecule has 6 nitrogen and oxygen atoms in total. The fraction of sp³-hybridized carbons (Fsp3) is 0.143. The minimum absolute atomic E-state index is 0.200. The van der Waals surface area contributed by atoms with Gasteiger partial charge in [0.1, 0.15) is 4.90 Å². The maximum absolute atomic E-state index is 10.7. The number of nitro groups is 1. The van der Waals surface area contributed by atoms with Crippen molar-refractivity contribution in [2.75, 3.05) is 0 Å². The zero-order valence-electron chi connectivity index (χ0n) is 7.13. The first-order valence-electron chi connectivity index (χ1n) is 3.53. The van der Waals surface area contributed by atoms with Crippen LogP contribution in [0, 0.1) is 17.0 Å². The molecule has 0 unspecified atom stereocenters. The number of hydrogen-bond donors (Lipinski definition) is 0. The minimum atomic E-state index is -4.64. The minimum Gasteiger partial charge on any atom is -0.258 e. The number of nitrogens with zero attached hydrogens (tertiary/aromatic N) is 1. The molecule has 1 radical (unpaired) electrons.